The molecule has 0 unspecified atom stereocenters. The van der Waals surface area contributed by atoms with Gasteiger partial charge in [0.05, 0.1) is 11.7 Å². The average Bonchev–Trinajstić information content (AvgIpc) is 3.15. The second-order valence-electron chi connectivity index (χ2n) is 11.1. The lowest BCUT2D eigenvalue weighted by Gasteiger charge is -2.40. The SMILES string of the molecule is C=CC(=O)N1CCN2C(=O)c3c(N4C[C@@H](N(C)C)CC4(C)C)nc(-c4cccc(F)c4F)c(Cl)c3OC[C@H]2C1. The second-order valence-corrected chi connectivity index (χ2v) is 11.5. The third kappa shape index (κ3) is 4.63. The first-order chi connectivity index (χ1) is 18.4. The Labute approximate surface area is 231 Å². The smallest absolute Gasteiger partial charge is 0.261 e. The van der Waals surface area contributed by atoms with Crippen molar-refractivity contribution in [2.45, 2.75) is 37.9 Å². The van der Waals surface area contributed by atoms with Gasteiger partial charge in [0.25, 0.3) is 5.91 Å². The number of anilines is 1. The molecule has 0 N–H and O–H groups in total. The number of benzene rings is 1. The maximum Gasteiger partial charge on any atom is 0.261 e. The number of carbonyl (C=O) groups is 2. The van der Waals surface area contributed by atoms with Gasteiger partial charge in [0.15, 0.2) is 17.4 Å². The number of amides is 2. The summed E-state index contributed by atoms with van der Waals surface area (Å²) in [6.07, 6.45) is 2.04. The van der Waals surface area contributed by atoms with E-state index in [4.69, 9.17) is 21.3 Å². The van der Waals surface area contributed by atoms with Gasteiger partial charge in [-0.25, -0.2) is 13.8 Å². The molecule has 3 aliphatic rings. The number of rotatable bonds is 4. The maximum atomic E-state index is 15.0. The summed E-state index contributed by atoms with van der Waals surface area (Å²) in [6, 6.07) is 3.56. The Morgan fingerprint density at radius 2 is 2.00 bits per heavy atom. The number of ether oxygens (including phenoxy) is 1. The van der Waals surface area contributed by atoms with Crippen LogP contribution in [0.2, 0.25) is 5.02 Å². The highest BCUT2D eigenvalue weighted by atomic mass is 35.5. The zero-order valence-corrected chi connectivity index (χ0v) is 23.3. The minimum Gasteiger partial charge on any atom is -0.489 e. The molecule has 5 rings (SSSR count). The summed E-state index contributed by atoms with van der Waals surface area (Å²) in [6.45, 7) is 9.23. The van der Waals surface area contributed by atoms with E-state index in [0.717, 1.165) is 12.5 Å². The molecule has 1 aromatic heterocycles. The molecule has 2 aromatic rings. The summed E-state index contributed by atoms with van der Waals surface area (Å²) >= 11 is 6.80. The highest BCUT2D eigenvalue weighted by Gasteiger charge is 2.46. The topological polar surface area (TPSA) is 69.2 Å². The van der Waals surface area contributed by atoms with Crippen LogP contribution in [-0.2, 0) is 4.79 Å². The number of halogens is 3. The highest BCUT2D eigenvalue weighted by Crippen LogP contribution is 2.47. The summed E-state index contributed by atoms with van der Waals surface area (Å²) in [5, 5.41) is -0.0633. The molecule has 8 nitrogen and oxygen atoms in total. The van der Waals surface area contributed by atoms with E-state index in [-0.39, 0.29) is 58.6 Å². The van der Waals surface area contributed by atoms with Crippen molar-refractivity contribution < 1.29 is 23.1 Å². The summed E-state index contributed by atoms with van der Waals surface area (Å²) in [7, 11) is 3.99. The van der Waals surface area contributed by atoms with E-state index in [0.29, 0.717) is 25.5 Å². The first-order valence-corrected chi connectivity index (χ1v) is 13.3. The molecule has 0 saturated carbocycles. The number of likely N-dealkylation sites (N-methyl/N-ethyl adjacent to an activating group) is 1. The number of aromatic nitrogens is 1. The predicted octanol–water partition coefficient (Wildman–Crippen LogP) is 3.83. The lowest BCUT2D eigenvalue weighted by atomic mass is 9.99. The molecule has 0 spiro atoms. The fourth-order valence-electron chi connectivity index (χ4n) is 5.76. The van der Waals surface area contributed by atoms with E-state index in [1.54, 1.807) is 9.80 Å². The molecular formula is C28H32ClF2N5O3. The third-order valence-electron chi connectivity index (χ3n) is 7.99. The van der Waals surface area contributed by atoms with Crippen LogP contribution < -0.4 is 9.64 Å². The summed E-state index contributed by atoms with van der Waals surface area (Å²) in [5.74, 6) is -2.25. The van der Waals surface area contributed by atoms with Gasteiger partial charge in [0, 0.05) is 43.3 Å². The Bertz CT molecular complexity index is 1350. The Hall–Kier alpha value is -3.24. The molecule has 2 fully saturated rings. The van der Waals surface area contributed by atoms with Gasteiger partial charge in [0.1, 0.15) is 23.0 Å². The molecule has 3 aliphatic heterocycles. The second kappa shape index (κ2) is 10.1. The first-order valence-electron chi connectivity index (χ1n) is 12.9. The van der Waals surface area contributed by atoms with Crippen molar-refractivity contribution in [1.29, 1.82) is 0 Å². The van der Waals surface area contributed by atoms with Gasteiger partial charge in [-0.2, -0.15) is 0 Å². The monoisotopic (exact) mass is 559 g/mol. The van der Waals surface area contributed by atoms with Crippen LogP contribution >= 0.6 is 11.6 Å². The van der Waals surface area contributed by atoms with Crippen molar-refractivity contribution in [3.8, 4) is 17.0 Å². The van der Waals surface area contributed by atoms with Crippen LogP contribution in [0.4, 0.5) is 14.6 Å². The van der Waals surface area contributed by atoms with Crippen LogP contribution in [0.25, 0.3) is 11.3 Å². The van der Waals surface area contributed by atoms with Crippen LogP contribution in [0.15, 0.2) is 30.9 Å². The van der Waals surface area contributed by atoms with Gasteiger partial charge >= 0.3 is 0 Å². The van der Waals surface area contributed by atoms with Crippen molar-refractivity contribution in [3.63, 3.8) is 0 Å². The van der Waals surface area contributed by atoms with Gasteiger partial charge < -0.3 is 24.3 Å². The van der Waals surface area contributed by atoms with Crippen molar-refractivity contribution in [3.05, 3.63) is 53.1 Å². The first kappa shape index (κ1) is 27.3. The van der Waals surface area contributed by atoms with Crippen molar-refractivity contribution in [2.24, 2.45) is 0 Å². The van der Waals surface area contributed by atoms with Crippen molar-refractivity contribution >= 4 is 29.2 Å². The highest BCUT2D eigenvalue weighted by molar-refractivity contribution is 6.35. The third-order valence-corrected chi connectivity index (χ3v) is 8.34. The molecule has 2 amide bonds. The number of hydrogen-bond acceptors (Lipinski definition) is 6. The number of nitrogens with zero attached hydrogens (tertiary/aromatic N) is 5. The minimum atomic E-state index is -1.08. The van der Waals surface area contributed by atoms with E-state index in [1.165, 1.54) is 18.2 Å². The molecule has 0 radical (unpaired) electrons. The molecule has 0 aliphatic carbocycles. The molecular weight excluding hydrogens is 528 g/mol. The normalized spacial score (nSPS) is 22.4. The Morgan fingerprint density at radius 1 is 1.26 bits per heavy atom. The predicted molar refractivity (Wildman–Crippen MR) is 145 cm³/mol. The zero-order valence-electron chi connectivity index (χ0n) is 22.5. The van der Waals surface area contributed by atoms with Crippen LogP contribution in [0, 0.1) is 11.6 Å². The number of piperazine rings is 1. The molecule has 0 bridgehead atoms. The van der Waals surface area contributed by atoms with Gasteiger partial charge in [0.2, 0.25) is 5.91 Å². The number of carbonyl (C=O) groups excluding carboxylic acids is 2. The summed E-state index contributed by atoms with van der Waals surface area (Å²) in [4.78, 5) is 38.7. The number of fused-ring (bicyclic) bond motifs is 2. The lowest BCUT2D eigenvalue weighted by Crippen LogP contribution is -2.57. The molecule has 208 valence electrons. The Kier molecular flexibility index (Phi) is 7.05. The fraction of sp³-hybridized carbons (Fsp3) is 0.464. The average molecular weight is 560 g/mol. The van der Waals surface area contributed by atoms with E-state index < -0.39 is 23.2 Å². The van der Waals surface area contributed by atoms with Gasteiger partial charge in [-0.15, -0.1) is 0 Å². The Morgan fingerprint density at radius 3 is 2.67 bits per heavy atom. The van der Waals surface area contributed by atoms with Crippen LogP contribution in [0.5, 0.6) is 5.75 Å². The Balaban J connectivity index is 1.69. The van der Waals surface area contributed by atoms with Gasteiger partial charge in [-0.3, -0.25) is 9.59 Å². The zero-order chi connectivity index (χ0) is 28.2. The largest absolute Gasteiger partial charge is 0.489 e. The number of pyridine rings is 1. The molecule has 39 heavy (non-hydrogen) atoms. The molecule has 1 aromatic carbocycles. The van der Waals surface area contributed by atoms with Crippen LogP contribution in [-0.4, -0.2) is 96.0 Å². The minimum absolute atomic E-state index is 0.00246. The molecule has 2 saturated heterocycles. The van der Waals surface area contributed by atoms with E-state index in [9.17, 15) is 14.0 Å². The van der Waals surface area contributed by atoms with E-state index >= 15 is 4.39 Å². The van der Waals surface area contributed by atoms with Gasteiger partial charge in [-0.1, -0.05) is 24.2 Å². The molecule has 2 atom stereocenters. The quantitative estimate of drug-likeness (QED) is 0.531. The van der Waals surface area contributed by atoms with Crippen LogP contribution in [0.1, 0.15) is 30.6 Å². The lowest BCUT2D eigenvalue weighted by molar-refractivity contribution is -0.128. The maximum absolute atomic E-state index is 15.0. The van der Waals surface area contributed by atoms with E-state index in [1.807, 2.05) is 19.0 Å². The summed E-state index contributed by atoms with van der Waals surface area (Å²) < 4.78 is 35.5. The standard InChI is InChI=1S/C28H32ClF2N5O3/c1-6-20(37)34-10-11-35-17(13-34)15-39-25-21(27(35)38)26(36-14-16(33(4)5)12-28(36,2)3)32-24(22(25)29)18-8-7-9-19(30)23(18)31/h6-9,16-17H,1,10-15H2,2-5H3/t16-,17+/m0/s1. The van der Waals surface area contributed by atoms with Gasteiger partial charge in [-0.05, 0) is 52.6 Å². The van der Waals surface area contributed by atoms with Crippen molar-refractivity contribution in [2.75, 3.05) is 51.8 Å². The molecule has 4 heterocycles. The fourth-order valence-corrected chi connectivity index (χ4v) is 6.06. The van der Waals surface area contributed by atoms with Crippen LogP contribution in [0.3, 0.4) is 0 Å². The molecule has 11 heteroatoms. The van der Waals surface area contributed by atoms with E-state index in [2.05, 4.69) is 25.3 Å². The number of hydrogen-bond donors (Lipinski definition) is 0. The van der Waals surface area contributed by atoms with Crippen molar-refractivity contribution in [1.82, 2.24) is 19.7 Å². The summed E-state index contributed by atoms with van der Waals surface area (Å²) in [5.41, 5.74) is -0.338.